The number of nitrogens with zero attached hydrogens (tertiary/aromatic N) is 3. The van der Waals surface area contributed by atoms with E-state index in [1.807, 2.05) is 24.3 Å². The van der Waals surface area contributed by atoms with Crippen LogP contribution in [0.5, 0.6) is 5.88 Å². The predicted molar refractivity (Wildman–Crippen MR) is 129 cm³/mol. The Hall–Kier alpha value is -3.76. The first kappa shape index (κ1) is 23.4. The van der Waals surface area contributed by atoms with Gasteiger partial charge in [-0.15, -0.1) is 0 Å². The SMILES string of the molecule is CNC(=O)OCCNc1ccc(Nc2ncc3c(n2)OCN(c2c(Cl)cccc2Cl)C3=O)cc1. The van der Waals surface area contributed by atoms with Gasteiger partial charge in [-0.3, -0.25) is 9.69 Å². The van der Waals surface area contributed by atoms with Crippen molar-refractivity contribution >= 4 is 58.2 Å². The van der Waals surface area contributed by atoms with Gasteiger partial charge in [-0.1, -0.05) is 29.3 Å². The molecule has 4 rings (SSSR count). The molecule has 3 aromatic rings. The molecule has 0 fully saturated rings. The molecule has 2 aromatic carbocycles. The predicted octanol–water partition coefficient (Wildman–Crippen LogP) is 4.29. The minimum absolute atomic E-state index is 0.0876. The van der Waals surface area contributed by atoms with Crippen molar-refractivity contribution < 1.29 is 19.1 Å². The van der Waals surface area contributed by atoms with Crippen molar-refractivity contribution in [3.05, 3.63) is 64.3 Å². The number of halogens is 2. The first-order valence-electron chi connectivity index (χ1n) is 10.2. The number of carbonyl (C=O) groups excluding carboxylic acids is 2. The third kappa shape index (κ3) is 5.24. The van der Waals surface area contributed by atoms with Crippen LogP contribution in [0.15, 0.2) is 48.7 Å². The van der Waals surface area contributed by atoms with Gasteiger partial charge < -0.3 is 25.4 Å². The number of rotatable bonds is 7. The Morgan fingerprint density at radius 1 is 1.15 bits per heavy atom. The number of benzene rings is 2. The number of para-hydroxylation sites is 1. The first-order chi connectivity index (χ1) is 16.5. The minimum atomic E-state index is -0.475. The molecule has 1 aliphatic heterocycles. The second-order valence-corrected chi connectivity index (χ2v) is 7.82. The molecule has 176 valence electrons. The van der Waals surface area contributed by atoms with Crippen molar-refractivity contribution in [2.45, 2.75) is 0 Å². The molecule has 0 saturated carbocycles. The Kier molecular flexibility index (Phi) is 7.19. The van der Waals surface area contributed by atoms with Crippen molar-refractivity contribution in [2.24, 2.45) is 0 Å². The summed E-state index contributed by atoms with van der Waals surface area (Å²) in [7, 11) is 1.50. The highest BCUT2D eigenvalue weighted by Gasteiger charge is 2.31. The lowest BCUT2D eigenvalue weighted by Gasteiger charge is -2.29. The zero-order valence-electron chi connectivity index (χ0n) is 18.0. The topological polar surface area (TPSA) is 118 Å². The van der Waals surface area contributed by atoms with Crippen LogP contribution in [0.1, 0.15) is 10.4 Å². The zero-order valence-corrected chi connectivity index (χ0v) is 19.5. The van der Waals surface area contributed by atoms with Crippen molar-refractivity contribution in [2.75, 3.05) is 42.5 Å². The molecule has 1 aliphatic rings. The lowest BCUT2D eigenvalue weighted by molar-refractivity contribution is 0.0932. The first-order valence-corrected chi connectivity index (χ1v) is 10.9. The molecule has 2 heterocycles. The maximum Gasteiger partial charge on any atom is 0.406 e. The summed E-state index contributed by atoms with van der Waals surface area (Å²) >= 11 is 12.5. The second-order valence-electron chi connectivity index (χ2n) is 7.00. The summed E-state index contributed by atoms with van der Waals surface area (Å²) in [6, 6.07) is 12.4. The molecule has 10 nitrogen and oxygen atoms in total. The summed E-state index contributed by atoms with van der Waals surface area (Å²) in [5.41, 5.74) is 2.16. The van der Waals surface area contributed by atoms with E-state index in [1.165, 1.54) is 18.1 Å². The fraction of sp³-hybridized carbons (Fsp3) is 0.182. The average molecular weight is 503 g/mol. The number of anilines is 4. The van der Waals surface area contributed by atoms with Crippen LogP contribution in [-0.2, 0) is 4.74 Å². The quantitative estimate of drug-likeness (QED) is 0.409. The summed E-state index contributed by atoms with van der Waals surface area (Å²) in [5, 5.41) is 9.27. The highest BCUT2D eigenvalue weighted by atomic mass is 35.5. The fourth-order valence-corrected chi connectivity index (χ4v) is 3.74. The van der Waals surface area contributed by atoms with Gasteiger partial charge in [-0.25, -0.2) is 9.78 Å². The summed E-state index contributed by atoms with van der Waals surface area (Å²) < 4.78 is 10.6. The number of amides is 2. The Morgan fingerprint density at radius 3 is 2.56 bits per heavy atom. The van der Waals surface area contributed by atoms with E-state index in [1.54, 1.807) is 18.2 Å². The molecule has 0 radical (unpaired) electrons. The molecule has 0 aliphatic carbocycles. The molecule has 34 heavy (non-hydrogen) atoms. The van der Waals surface area contributed by atoms with Crippen LogP contribution in [-0.4, -0.2) is 48.9 Å². The normalized spacial score (nSPS) is 12.4. The molecule has 1 aromatic heterocycles. The highest BCUT2D eigenvalue weighted by Crippen LogP contribution is 2.37. The van der Waals surface area contributed by atoms with E-state index in [9.17, 15) is 9.59 Å². The maximum atomic E-state index is 13.0. The van der Waals surface area contributed by atoms with Gasteiger partial charge in [-0.2, -0.15) is 4.98 Å². The molecular weight excluding hydrogens is 483 g/mol. The van der Waals surface area contributed by atoms with Gasteiger partial charge in [0.25, 0.3) is 5.91 Å². The number of fused-ring (bicyclic) bond motifs is 1. The maximum absolute atomic E-state index is 13.0. The third-order valence-corrected chi connectivity index (χ3v) is 5.39. The van der Waals surface area contributed by atoms with E-state index in [-0.39, 0.29) is 36.6 Å². The lowest BCUT2D eigenvalue weighted by Crippen LogP contribution is -2.39. The summed E-state index contributed by atoms with van der Waals surface area (Å²) in [5.74, 6) is 0.0745. The van der Waals surface area contributed by atoms with Crippen LogP contribution in [0.4, 0.5) is 27.8 Å². The average Bonchev–Trinajstić information content (AvgIpc) is 2.84. The van der Waals surface area contributed by atoms with Crippen molar-refractivity contribution in [3.8, 4) is 5.88 Å². The Morgan fingerprint density at radius 2 is 1.85 bits per heavy atom. The largest absolute Gasteiger partial charge is 0.455 e. The van der Waals surface area contributed by atoms with Crippen molar-refractivity contribution in [3.63, 3.8) is 0 Å². The van der Waals surface area contributed by atoms with Crippen LogP contribution in [0.3, 0.4) is 0 Å². The van der Waals surface area contributed by atoms with Crippen LogP contribution in [0.2, 0.25) is 10.0 Å². The van der Waals surface area contributed by atoms with Crippen molar-refractivity contribution in [1.82, 2.24) is 15.3 Å². The Balaban J connectivity index is 1.39. The molecular formula is C22H20Cl2N6O4. The molecule has 12 heteroatoms. The van der Waals surface area contributed by atoms with E-state index in [0.29, 0.717) is 22.3 Å². The van der Waals surface area contributed by atoms with E-state index in [4.69, 9.17) is 32.7 Å². The minimum Gasteiger partial charge on any atom is -0.455 e. The summed E-state index contributed by atoms with van der Waals surface area (Å²) in [6.45, 7) is 0.618. The molecule has 0 unspecified atom stereocenters. The van der Waals surface area contributed by atoms with Gasteiger partial charge in [0, 0.05) is 31.2 Å². The number of ether oxygens (including phenoxy) is 2. The van der Waals surface area contributed by atoms with Gasteiger partial charge in [0.05, 0.1) is 15.7 Å². The van der Waals surface area contributed by atoms with E-state index < -0.39 is 6.09 Å². The number of alkyl carbamates (subject to hydrolysis) is 1. The standard InChI is InChI=1S/C22H20Cl2N6O4/c1-25-22(32)33-10-9-26-13-5-7-14(8-6-13)28-21-27-11-15-19(29-21)34-12-30(20(15)31)18-16(23)3-2-4-17(18)24/h2-8,11,26H,9-10,12H2,1H3,(H,25,32)(H,27,28,29). The van der Waals surface area contributed by atoms with Gasteiger partial charge in [0.2, 0.25) is 11.8 Å². The molecule has 0 saturated heterocycles. The molecule has 3 N–H and O–H groups in total. The number of aromatic nitrogens is 2. The summed E-state index contributed by atoms with van der Waals surface area (Å²) in [6.07, 6.45) is 0.921. The number of nitrogens with one attached hydrogen (secondary N) is 3. The molecule has 0 atom stereocenters. The van der Waals surface area contributed by atoms with Gasteiger partial charge in [0.1, 0.15) is 12.2 Å². The van der Waals surface area contributed by atoms with E-state index in [0.717, 1.165) is 11.4 Å². The van der Waals surface area contributed by atoms with Gasteiger partial charge in [0.15, 0.2) is 6.73 Å². The highest BCUT2D eigenvalue weighted by molar-refractivity contribution is 6.40. The molecule has 2 amide bonds. The zero-order chi connectivity index (χ0) is 24.1. The monoisotopic (exact) mass is 502 g/mol. The lowest BCUT2D eigenvalue weighted by atomic mass is 10.2. The van der Waals surface area contributed by atoms with Gasteiger partial charge in [-0.05, 0) is 36.4 Å². The Bertz CT molecular complexity index is 1190. The number of carbonyl (C=O) groups is 2. The van der Waals surface area contributed by atoms with Crippen LogP contribution in [0.25, 0.3) is 0 Å². The summed E-state index contributed by atoms with van der Waals surface area (Å²) in [4.78, 5) is 33.9. The smallest absolute Gasteiger partial charge is 0.406 e. The fourth-order valence-electron chi connectivity index (χ4n) is 3.14. The third-order valence-electron chi connectivity index (χ3n) is 4.78. The van der Waals surface area contributed by atoms with E-state index in [2.05, 4.69) is 25.9 Å². The Labute approximate surface area is 205 Å². The van der Waals surface area contributed by atoms with Gasteiger partial charge >= 0.3 is 6.09 Å². The van der Waals surface area contributed by atoms with Crippen LogP contribution < -0.4 is 25.6 Å². The molecule has 0 spiro atoms. The number of hydrogen-bond acceptors (Lipinski definition) is 8. The number of hydrogen-bond donors (Lipinski definition) is 3. The van der Waals surface area contributed by atoms with Crippen LogP contribution >= 0.6 is 23.2 Å². The second kappa shape index (κ2) is 10.4. The van der Waals surface area contributed by atoms with Crippen LogP contribution in [0, 0.1) is 0 Å². The molecule has 0 bridgehead atoms. The van der Waals surface area contributed by atoms with E-state index >= 15 is 0 Å². The van der Waals surface area contributed by atoms with Crippen molar-refractivity contribution in [1.29, 1.82) is 0 Å².